The van der Waals surface area contributed by atoms with Gasteiger partial charge in [-0.05, 0) is 46.3 Å². The SMILES string of the molecule is CCN(CC)CCCC(C)NS(=O)(=O)C(C)C#N. The van der Waals surface area contributed by atoms with Gasteiger partial charge in [-0.25, -0.2) is 13.1 Å². The Bertz CT molecular complexity index is 358. The second-order valence-corrected chi connectivity index (χ2v) is 6.54. The molecular formula is C12H25N3O2S. The molecule has 1 N–H and O–H groups in total. The van der Waals surface area contributed by atoms with Crippen molar-refractivity contribution in [2.75, 3.05) is 19.6 Å². The lowest BCUT2D eigenvalue weighted by Gasteiger charge is -2.20. The fourth-order valence-electron chi connectivity index (χ4n) is 1.67. The summed E-state index contributed by atoms with van der Waals surface area (Å²) in [7, 11) is -3.50. The van der Waals surface area contributed by atoms with Crippen LogP contribution in [-0.2, 0) is 10.0 Å². The zero-order valence-corrected chi connectivity index (χ0v) is 12.6. The normalized spacial score (nSPS) is 15.3. The molecule has 0 aromatic carbocycles. The first-order valence-corrected chi connectivity index (χ1v) is 8.05. The Hall–Kier alpha value is -0.640. The molecule has 0 rings (SSSR count). The van der Waals surface area contributed by atoms with E-state index in [-0.39, 0.29) is 6.04 Å². The van der Waals surface area contributed by atoms with E-state index in [4.69, 9.17) is 5.26 Å². The maximum Gasteiger partial charge on any atom is 0.227 e. The molecule has 0 spiro atoms. The van der Waals surface area contributed by atoms with Gasteiger partial charge in [-0.15, -0.1) is 0 Å². The van der Waals surface area contributed by atoms with Gasteiger partial charge in [-0.3, -0.25) is 0 Å². The lowest BCUT2D eigenvalue weighted by molar-refractivity contribution is 0.293. The maximum absolute atomic E-state index is 11.6. The van der Waals surface area contributed by atoms with E-state index in [9.17, 15) is 8.42 Å². The lowest BCUT2D eigenvalue weighted by Crippen LogP contribution is -2.38. The third-order valence-electron chi connectivity index (χ3n) is 3.02. The first-order chi connectivity index (χ1) is 8.37. The number of hydrogen-bond donors (Lipinski definition) is 1. The Morgan fingerprint density at radius 1 is 1.28 bits per heavy atom. The molecule has 0 aliphatic heterocycles. The molecule has 0 fully saturated rings. The number of nitriles is 1. The zero-order valence-electron chi connectivity index (χ0n) is 11.8. The molecule has 0 aromatic heterocycles. The largest absolute Gasteiger partial charge is 0.304 e. The molecular weight excluding hydrogens is 250 g/mol. The highest BCUT2D eigenvalue weighted by Gasteiger charge is 2.21. The zero-order chi connectivity index (χ0) is 14.2. The number of hydrogen-bond acceptors (Lipinski definition) is 4. The number of rotatable bonds is 9. The molecule has 6 heteroatoms. The Morgan fingerprint density at radius 2 is 1.83 bits per heavy atom. The van der Waals surface area contributed by atoms with Gasteiger partial charge in [0.1, 0.15) is 0 Å². The summed E-state index contributed by atoms with van der Waals surface area (Å²) >= 11 is 0. The molecule has 18 heavy (non-hydrogen) atoms. The van der Waals surface area contributed by atoms with Crippen LogP contribution in [0, 0.1) is 11.3 Å². The van der Waals surface area contributed by atoms with E-state index in [1.165, 1.54) is 6.92 Å². The van der Waals surface area contributed by atoms with E-state index in [1.807, 2.05) is 6.92 Å². The molecule has 0 bridgehead atoms. The minimum atomic E-state index is -3.50. The topological polar surface area (TPSA) is 73.2 Å². The van der Waals surface area contributed by atoms with E-state index in [1.54, 1.807) is 6.07 Å². The van der Waals surface area contributed by atoms with Crippen molar-refractivity contribution in [2.24, 2.45) is 0 Å². The van der Waals surface area contributed by atoms with Crippen LogP contribution in [-0.4, -0.2) is 44.2 Å². The van der Waals surface area contributed by atoms with Crippen LogP contribution in [0.5, 0.6) is 0 Å². The van der Waals surface area contributed by atoms with Gasteiger partial charge in [0.15, 0.2) is 5.25 Å². The Morgan fingerprint density at radius 3 is 2.28 bits per heavy atom. The van der Waals surface area contributed by atoms with Crippen molar-refractivity contribution in [1.82, 2.24) is 9.62 Å². The van der Waals surface area contributed by atoms with Crippen LogP contribution in [0.1, 0.15) is 40.5 Å². The molecule has 0 amide bonds. The van der Waals surface area contributed by atoms with Gasteiger partial charge in [-0.2, -0.15) is 5.26 Å². The number of sulfonamides is 1. The summed E-state index contributed by atoms with van der Waals surface area (Å²) < 4.78 is 25.8. The van der Waals surface area contributed by atoms with Crippen molar-refractivity contribution in [3.63, 3.8) is 0 Å². The van der Waals surface area contributed by atoms with Crippen molar-refractivity contribution in [2.45, 2.75) is 51.8 Å². The molecule has 5 nitrogen and oxygen atoms in total. The summed E-state index contributed by atoms with van der Waals surface area (Å²) in [6.45, 7) is 10.5. The molecule has 0 saturated carbocycles. The minimum Gasteiger partial charge on any atom is -0.304 e. The van der Waals surface area contributed by atoms with Crippen LogP contribution < -0.4 is 4.72 Å². The van der Waals surface area contributed by atoms with E-state index in [0.29, 0.717) is 0 Å². The fourth-order valence-corrected chi connectivity index (χ4v) is 2.69. The standard InChI is InChI=1S/C12H25N3O2S/c1-5-15(6-2)9-7-8-11(3)14-18(16,17)12(4)10-13/h11-12,14H,5-9H2,1-4H3. The van der Waals surface area contributed by atoms with Gasteiger partial charge >= 0.3 is 0 Å². The van der Waals surface area contributed by atoms with Crippen LogP contribution >= 0.6 is 0 Å². The average molecular weight is 275 g/mol. The van der Waals surface area contributed by atoms with Crippen molar-refractivity contribution in [3.05, 3.63) is 0 Å². The summed E-state index contributed by atoms with van der Waals surface area (Å²) in [5, 5.41) is 7.62. The van der Waals surface area contributed by atoms with Crippen molar-refractivity contribution >= 4 is 10.0 Å². The van der Waals surface area contributed by atoms with Gasteiger partial charge in [0.25, 0.3) is 0 Å². The first kappa shape index (κ1) is 17.4. The Balaban J connectivity index is 4.06. The quantitative estimate of drug-likeness (QED) is 0.689. The molecule has 0 heterocycles. The molecule has 0 aliphatic rings. The maximum atomic E-state index is 11.6. The third-order valence-corrected chi connectivity index (χ3v) is 4.79. The monoisotopic (exact) mass is 275 g/mol. The molecule has 2 unspecified atom stereocenters. The molecule has 106 valence electrons. The Labute approximate surface area is 111 Å². The summed E-state index contributed by atoms with van der Waals surface area (Å²) in [4.78, 5) is 2.30. The molecule has 0 aliphatic carbocycles. The van der Waals surface area contributed by atoms with Crippen molar-refractivity contribution in [3.8, 4) is 6.07 Å². The highest BCUT2D eigenvalue weighted by atomic mass is 32.2. The van der Waals surface area contributed by atoms with Crippen molar-refractivity contribution in [1.29, 1.82) is 5.26 Å². The van der Waals surface area contributed by atoms with Gasteiger partial charge in [-0.1, -0.05) is 13.8 Å². The lowest BCUT2D eigenvalue weighted by atomic mass is 10.2. The number of nitrogens with zero attached hydrogens (tertiary/aromatic N) is 2. The van der Waals surface area contributed by atoms with E-state index >= 15 is 0 Å². The predicted octanol–water partition coefficient (Wildman–Crippen LogP) is 1.33. The summed E-state index contributed by atoms with van der Waals surface area (Å²) in [6, 6.07) is 1.62. The highest BCUT2D eigenvalue weighted by molar-refractivity contribution is 7.90. The van der Waals surface area contributed by atoms with E-state index in [0.717, 1.165) is 32.5 Å². The second kappa shape index (κ2) is 8.46. The van der Waals surface area contributed by atoms with Gasteiger partial charge in [0, 0.05) is 6.04 Å². The Kier molecular flexibility index (Phi) is 8.16. The third kappa shape index (κ3) is 6.34. The first-order valence-electron chi connectivity index (χ1n) is 6.50. The molecule has 0 aromatic rings. The van der Waals surface area contributed by atoms with E-state index < -0.39 is 15.3 Å². The van der Waals surface area contributed by atoms with Crippen LogP contribution in [0.15, 0.2) is 0 Å². The fraction of sp³-hybridized carbons (Fsp3) is 0.917. The minimum absolute atomic E-state index is 0.124. The van der Waals surface area contributed by atoms with Crippen molar-refractivity contribution < 1.29 is 8.42 Å². The second-order valence-electron chi connectivity index (χ2n) is 4.50. The van der Waals surface area contributed by atoms with Gasteiger partial charge in [0.05, 0.1) is 6.07 Å². The average Bonchev–Trinajstić information content (AvgIpc) is 2.32. The highest BCUT2D eigenvalue weighted by Crippen LogP contribution is 2.04. The predicted molar refractivity (Wildman–Crippen MR) is 73.6 cm³/mol. The van der Waals surface area contributed by atoms with Crippen LogP contribution in [0.3, 0.4) is 0 Å². The van der Waals surface area contributed by atoms with Crippen LogP contribution in [0.4, 0.5) is 0 Å². The molecule has 0 saturated heterocycles. The smallest absolute Gasteiger partial charge is 0.227 e. The summed E-state index contributed by atoms with van der Waals surface area (Å²) in [6.07, 6.45) is 1.74. The van der Waals surface area contributed by atoms with Gasteiger partial charge < -0.3 is 4.90 Å². The van der Waals surface area contributed by atoms with Gasteiger partial charge in [0.2, 0.25) is 10.0 Å². The molecule has 2 atom stereocenters. The summed E-state index contributed by atoms with van der Waals surface area (Å²) in [5.74, 6) is 0. The summed E-state index contributed by atoms with van der Waals surface area (Å²) in [5.41, 5.74) is 0. The number of nitrogens with one attached hydrogen (secondary N) is 1. The van der Waals surface area contributed by atoms with E-state index in [2.05, 4.69) is 23.5 Å². The van der Waals surface area contributed by atoms with Crippen LogP contribution in [0.2, 0.25) is 0 Å². The van der Waals surface area contributed by atoms with Crippen LogP contribution in [0.25, 0.3) is 0 Å². The molecule has 0 radical (unpaired) electrons.